The molecule has 1 nitrogen and oxygen atoms in total. The maximum absolute atomic E-state index is 13.2. The van der Waals surface area contributed by atoms with Crippen LogP contribution in [0.2, 0.25) is 0 Å². The Labute approximate surface area is 194 Å². The molecule has 3 saturated carbocycles. The van der Waals surface area contributed by atoms with Crippen LogP contribution < -0.4 is 0 Å². The summed E-state index contributed by atoms with van der Waals surface area (Å²) >= 11 is 0. The highest BCUT2D eigenvalue weighted by Gasteiger charge is 2.59. The first-order chi connectivity index (χ1) is 15.3. The molecule has 0 bridgehead atoms. The van der Waals surface area contributed by atoms with Gasteiger partial charge >= 0.3 is 0 Å². The molecule has 3 fully saturated rings. The minimum Gasteiger partial charge on any atom is -0.393 e. The van der Waals surface area contributed by atoms with Gasteiger partial charge in [-0.15, -0.1) is 0 Å². The minimum atomic E-state index is -0.134. The molecule has 0 spiro atoms. The van der Waals surface area contributed by atoms with Gasteiger partial charge in [-0.05, 0) is 122 Å². The SMILES string of the molecule is C[C@H](CCCc1ccc(F)cc1)C1CCC2C3CC=C4CC(O)CCC4(C)C3CCC21C. The molecule has 1 N–H and O–H groups in total. The van der Waals surface area contributed by atoms with Gasteiger partial charge in [0.05, 0.1) is 6.10 Å². The van der Waals surface area contributed by atoms with E-state index in [0.29, 0.717) is 10.8 Å². The lowest BCUT2D eigenvalue weighted by molar-refractivity contribution is -0.0572. The maximum Gasteiger partial charge on any atom is 0.123 e. The number of allylic oxidation sites excluding steroid dienone is 1. The van der Waals surface area contributed by atoms with E-state index < -0.39 is 0 Å². The third-order valence-corrected chi connectivity index (χ3v) is 10.9. The maximum atomic E-state index is 13.2. The summed E-state index contributed by atoms with van der Waals surface area (Å²) < 4.78 is 13.2. The molecule has 0 radical (unpaired) electrons. The van der Waals surface area contributed by atoms with Gasteiger partial charge in [-0.3, -0.25) is 0 Å². The van der Waals surface area contributed by atoms with Crippen LogP contribution in [-0.4, -0.2) is 11.2 Å². The first kappa shape index (κ1) is 22.6. The molecule has 4 aliphatic rings. The molecule has 8 atom stereocenters. The van der Waals surface area contributed by atoms with Crippen molar-refractivity contribution in [3.05, 3.63) is 47.3 Å². The van der Waals surface area contributed by atoms with Crippen LogP contribution in [0.25, 0.3) is 0 Å². The Bertz CT molecular complexity index is 843. The number of hydrogen-bond acceptors (Lipinski definition) is 1. The first-order valence-electron chi connectivity index (χ1n) is 13.4. The normalized spacial score (nSPS) is 41.9. The highest BCUT2D eigenvalue weighted by molar-refractivity contribution is 5.25. The standard InChI is InChI=1S/C30H43FO/c1-20(5-4-6-21-7-10-23(31)11-8-21)26-13-14-27-25-12-9-22-19-24(32)15-17-29(22,2)28(25)16-18-30(26,27)3/h7-11,20,24-28,32H,4-6,12-19H2,1-3H3/t20-,24?,25?,26?,27?,28?,29?,30?/m1/s1. The van der Waals surface area contributed by atoms with Crippen molar-refractivity contribution in [1.82, 2.24) is 0 Å². The number of hydrogen-bond donors (Lipinski definition) is 1. The second-order valence-electron chi connectivity index (χ2n) is 12.4. The summed E-state index contributed by atoms with van der Waals surface area (Å²) in [5.74, 6) is 4.07. The number of rotatable bonds is 5. The van der Waals surface area contributed by atoms with Gasteiger partial charge < -0.3 is 5.11 Å². The third-order valence-electron chi connectivity index (χ3n) is 10.9. The van der Waals surface area contributed by atoms with Crippen molar-refractivity contribution in [2.24, 2.45) is 40.4 Å². The van der Waals surface area contributed by atoms with Crippen molar-refractivity contribution < 1.29 is 9.50 Å². The molecule has 1 aromatic rings. The van der Waals surface area contributed by atoms with Crippen LogP contribution in [0.4, 0.5) is 4.39 Å². The van der Waals surface area contributed by atoms with Crippen LogP contribution in [0.15, 0.2) is 35.9 Å². The second-order valence-corrected chi connectivity index (χ2v) is 12.4. The quantitative estimate of drug-likeness (QED) is 0.466. The molecule has 0 heterocycles. The fraction of sp³-hybridized carbons (Fsp3) is 0.733. The smallest absolute Gasteiger partial charge is 0.123 e. The van der Waals surface area contributed by atoms with Crippen LogP contribution in [0, 0.1) is 46.2 Å². The largest absolute Gasteiger partial charge is 0.393 e. The lowest BCUT2D eigenvalue weighted by atomic mass is 9.47. The van der Waals surface area contributed by atoms with E-state index in [9.17, 15) is 9.50 Å². The van der Waals surface area contributed by atoms with Gasteiger partial charge in [0, 0.05) is 0 Å². The van der Waals surface area contributed by atoms with E-state index in [1.54, 1.807) is 17.7 Å². The molecular formula is C30H43FO. The van der Waals surface area contributed by atoms with Crippen molar-refractivity contribution in [1.29, 1.82) is 0 Å². The van der Waals surface area contributed by atoms with Gasteiger partial charge in [-0.1, -0.05) is 51.0 Å². The van der Waals surface area contributed by atoms with Gasteiger partial charge in [0.15, 0.2) is 0 Å². The van der Waals surface area contributed by atoms with Gasteiger partial charge in [0.25, 0.3) is 0 Å². The van der Waals surface area contributed by atoms with E-state index in [1.165, 1.54) is 56.9 Å². The monoisotopic (exact) mass is 438 g/mol. The fourth-order valence-corrected chi connectivity index (χ4v) is 9.10. The third kappa shape index (κ3) is 3.79. The van der Waals surface area contributed by atoms with Crippen molar-refractivity contribution in [2.45, 2.75) is 97.5 Å². The average molecular weight is 439 g/mol. The summed E-state index contributed by atoms with van der Waals surface area (Å²) in [6, 6.07) is 7.09. The van der Waals surface area contributed by atoms with Crippen LogP contribution >= 0.6 is 0 Å². The Hall–Kier alpha value is -1.15. The van der Waals surface area contributed by atoms with Crippen LogP contribution in [0.1, 0.15) is 90.5 Å². The Morgan fingerprint density at radius 3 is 2.59 bits per heavy atom. The van der Waals surface area contributed by atoms with Crippen LogP contribution in [0.5, 0.6) is 0 Å². The summed E-state index contributed by atoms with van der Waals surface area (Å²) in [6.07, 6.45) is 16.0. The number of aliphatic hydroxyl groups excluding tert-OH is 1. The van der Waals surface area contributed by atoms with Crippen LogP contribution in [-0.2, 0) is 6.42 Å². The second kappa shape index (κ2) is 8.57. The lowest BCUT2D eigenvalue weighted by Gasteiger charge is -2.58. The number of aryl methyl sites for hydroxylation is 1. The molecule has 0 aromatic heterocycles. The Kier molecular flexibility index (Phi) is 6.06. The summed E-state index contributed by atoms with van der Waals surface area (Å²) in [6.45, 7) is 7.70. The van der Waals surface area contributed by atoms with Gasteiger partial charge in [-0.2, -0.15) is 0 Å². The van der Waals surface area contributed by atoms with E-state index in [0.717, 1.165) is 48.9 Å². The number of benzene rings is 1. The van der Waals surface area contributed by atoms with Crippen molar-refractivity contribution in [2.75, 3.05) is 0 Å². The van der Waals surface area contributed by atoms with Crippen molar-refractivity contribution in [3.63, 3.8) is 0 Å². The van der Waals surface area contributed by atoms with Gasteiger partial charge in [0.2, 0.25) is 0 Å². The molecule has 5 rings (SSSR count). The molecule has 7 unspecified atom stereocenters. The highest BCUT2D eigenvalue weighted by Crippen LogP contribution is 2.67. The van der Waals surface area contributed by atoms with E-state index in [-0.39, 0.29) is 11.9 Å². The number of aliphatic hydroxyl groups is 1. The van der Waals surface area contributed by atoms with E-state index >= 15 is 0 Å². The Morgan fingerprint density at radius 2 is 1.81 bits per heavy atom. The number of halogens is 1. The zero-order chi connectivity index (χ0) is 22.5. The average Bonchev–Trinajstić information content (AvgIpc) is 3.13. The number of fused-ring (bicyclic) bond motifs is 5. The van der Waals surface area contributed by atoms with E-state index in [4.69, 9.17) is 0 Å². The zero-order valence-electron chi connectivity index (χ0n) is 20.5. The molecule has 0 aliphatic heterocycles. The molecule has 4 aliphatic carbocycles. The lowest BCUT2D eigenvalue weighted by Crippen LogP contribution is -2.50. The molecule has 32 heavy (non-hydrogen) atoms. The molecular weight excluding hydrogens is 395 g/mol. The van der Waals surface area contributed by atoms with E-state index in [1.807, 2.05) is 12.1 Å². The molecule has 2 heteroatoms. The predicted octanol–water partition coefficient (Wildman–Crippen LogP) is 7.72. The van der Waals surface area contributed by atoms with Crippen molar-refractivity contribution in [3.8, 4) is 0 Å². The summed E-state index contributed by atoms with van der Waals surface area (Å²) in [5, 5.41) is 10.2. The minimum absolute atomic E-state index is 0.105. The predicted molar refractivity (Wildman–Crippen MR) is 130 cm³/mol. The first-order valence-corrected chi connectivity index (χ1v) is 13.4. The van der Waals surface area contributed by atoms with Crippen LogP contribution in [0.3, 0.4) is 0 Å². The summed E-state index contributed by atoms with van der Waals surface area (Å²) in [4.78, 5) is 0. The Balaban J connectivity index is 1.25. The van der Waals surface area contributed by atoms with Gasteiger partial charge in [-0.25, -0.2) is 4.39 Å². The summed E-state index contributed by atoms with van der Waals surface area (Å²) in [7, 11) is 0. The van der Waals surface area contributed by atoms with Crippen molar-refractivity contribution >= 4 is 0 Å². The van der Waals surface area contributed by atoms with Gasteiger partial charge in [0.1, 0.15) is 5.82 Å². The van der Waals surface area contributed by atoms with E-state index in [2.05, 4.69) is 26.8 Å². The molecule has 0 amide bonds. The topological polar surface area (TPSA) is 20.2 Å². The fourth-order valence-electron chi connectivity index (χ4n) is 9.10. The zero-order valence-corrected chi connectivity index (χ0v) is 20.5. The molecule has 0 saturated heterocycles. The highest BCUT2D eigenvalue weighted by atomic mass is 19.1. The molecule has 176 valence electrons. The summed E-state index contributed by atoms with van der Waals surface area (Å²) in [5.41, 5.74) is 3.71. The Morgan fingerprint density at radius 1 is 1.03 bits per heavy atom. The molecule has 1 aromatic carbocycles.